The number of carboxylic acid groups (broad SMARTS) is 1. The fourth-order valence-corrected chi connectivity index (χ4v) is 2.11. The molecular formula is C11H8BrNO2. The monoisotopic (exact) mass is 265 g/mol. The molecule has 0 radical (unpaired) electrons. The Kier molecular flexibility index (Phi) is 2.44. The highest BCUT2D eigenvalue weighted by molar-refractivity contribution is 9.10. The number of fused-ring (bicyclic) bond motifs is 1. The number of nitrogens with zero attached hydrogens (tertiary/aromatic N) is 1. The summed E-state index contributed by atoms with van der Waals surface area (Å²) in [6, 6.07) is 5.35. The number of halogens is 1. The van der Waals surface area contributed by atoms with Gasteiger partial charge in [-0.25, -0.2) is 4.79 Å². The molecule has 0 saturated heterocycles. The third kappa shape index (κ3) is 1.61. The summed E-state index contributed by atoms with van der Waals surface area (Å²) in [5.41, 5.74) is 1.71. The second kappa shape index (κ2) is 3.62. The molecule has 0 fully saturated rings. The average Bonchev–Trinajstić information content (AvgIpc) is 2.23. The van der Waals surface area contributed by atoms with E-state index >= 15 is 0 Å². The molecule has 1 heterocycles. The van der Waals surface area contributed by atoms with E-state index in [1.807, 2.05) is 12.1 Å². The van der Waals surface area contributed by atoms with Crippen LogP contribution in [-0.2, 0) is 0 Å². The largest absolute Gasteiger partial charge is 0.478 e. The Morgan fingerprint density at radius 1 is 1.53 bits per heavy atom. The number of aryl methyl sites for hydroxylation is 1. The minimum atomic E-state index is -0.930. The van der Waals surface area contributed by atoms with Gasteiger partial charge in [0.1, 0.15) is 0 Å². The molecule has 76 valence electrons. The Bertz CT molecular complexity index is 552. The van der Waals surface area contributed by atoms with Crippen molar-refractivity contribution < 1.29 is 9.90 Å². The molecule has 0 aliphatic rings. The predicted octanol–water partition coefficient (Wildman–Crippen LogP) is 3.00. The summed E-state index contributed by atoms with van der Waals surface area (Å²) in [6.45, 7) is 1.77. The Hall–Kier alpha value is -1.42. The van der Waals surface area contributed by atoms with E-state index in [9.17, 15) is 4.79 Å². The Labute approximate surface area is 94.9 Å². The van der Waals surface area contributed by atoms with Crippen molar-refractivity contribution in [1.29, 1.82) is 0 Å². The van der Waals surface area contributed by atoms with Gasteiger partial charge in [0.25, 0.3) is 0 Å². The van der Waals surface area contributed by atoms with Crippen LogP contribution in [0, 0.1) is 6.92 Å². The quantitative estimate of drug-likeness (QED) is 0.863. The number of rotatable bonds is 1. The third-order valence-corrected chi connectivity index (χ3v) is 2.98. The van der Waals surface area contributed by atoms with Crippen LogP contribution in [0.5, 0.6) is 0 Å². The second-order valence-electron chi connectivity index (χ2n) is 3.24. The van der Waals surface area contributed by atoms with E-state index in [0.29, 0.717) is 5.56 Å². The third-order valence-electron chi connectivity index (χ3n) is 2.33. The Morgan fingerprint density at radius 3 is 2.93 bits per heavy atom. The summed E-state index contributed by atoms with van der Waals surface area (Å²) < 4.78 is 0.758. The topological polar surface area (TPSA) is 50.2 Å². The molecular weight excluding hydrogens is 258 g/mol. The number of carbonyl (C=O) groups is 1. The van der Waals surface area contributed by atoms with Gasteiger partial charge in [0, 0.05) is 16.1 Å². The SMILES string of the molecule is Cc1c(C(=O)O)cc(Br)c2cccnc12. The first-order valence-corrected chi connectivity index (χ1v) is 5.17. The van der Waals surface area contributed by atoms with Crippen molar-refractivity contribution in [3.05, 3.63) is 40.0 Å². The van der Waals surface area contributed by atoms with Crippen molar-refractivity contribution in [1.82, 2.24) is 4.98 Å². The van der Waals surface area contributed by atoms with Gasteiger partial charge < -0.3 is 5.11 Å². The van der Waals surface area contributed by atoms with E-state index in [4.69, 9.17) is 5.11 Å². The molecule has 15 heavy (non-hydrogen) atoms. The summed E-state index contributed by atoms with van der Waals surface area (Å²) in [4.78, 5) is 15.2. The fourth-order valence-electron chi connectivity index (χ4n) is 1.56. The first kappa shape index (κ1) is 10.1. The average molecular weight is 266 g/mol. The van der Waals surface area contributed by atoms with E-state index in [1.54, 1.807) is 19.2 Å². The minimum absolute atomic E-state index is 0.285. The molecule has 0 bridgehead atoms. The summed E-state index contributed by atoms with van der Waals surface area (Å²) in [7, 11) is 0. The van der Waals surface area contributed by atoms with Gasteiger partial charge in [-0.15, -0.1) is 0 Å². The van der Waals surface area contributed by atoms with Crippen molar-refractivity contribution in [2.24, 2.45) is 0 Å². The zero-order valence-corrected chi connectivity index (χ0v) is 9.58. The van der Waals surface area contributed by atoms with Gasteiger partial charge in [-0.2, -0.15) is 0 Å². The molecule has 4 heteroatoms. The zero-order valence-electron chi connectivity index (χ0n) is 7.99. The molecule has 0 saturated carbocycles. The number of benzene rings is 1. The molecule has 1 aromatic carbocycles. The standard InChI is InChI=1S/C11H8BrNO2/c1-6-8(11(14)15)5-9(12)7-3-2-4-13-10(6)7/h2-5H,1H3,(H,14,15). The van der Waals surface area contributed by atoms with Gasteiger partial charge in [-0.1, -0.05) is 22.0 Å². The number of hydrogen-bond acceptors (Lipinski definition) is 2. The molecule has 0 aliphatic carbocycles. The lowest BCUT2D eigenvalue weighted by atomic mass is 10.0. The van der Waals surface area contributed by atoms with Crippen molar-refractivity contribution in [3.63, 3.8) is 0 Å². The molecule has 2 aromatic rings. The molecule has 0 atom stereocenters. The van der Waals surface area contributed by atoms with Crippen LogP contribution in [0.4, 0.5) is 0 Å². The van der Waals surface area contributed by atoms with E-state index in [2.05, 4.69) is 20.9 Å². The number of aromatic nitrogens is 1. The van der Waals surface area contributed by atoms with E-state index in [0.717, 1.165) is 15.4 Å². The maximum atomic E-state index is 11.0. The molecule has 2 rings (SSSR count). The fraction of sp³-hybridized carbons (Fsp3) is 0.0909. The van der Waals surface area contributed by atoms with Crippen LogP contribution in [0.3, 0.4) is 0 Å². The van der Waals surface area contributed by atoms with E-state index in [-0.39, 0.29) is 5.56 Å². The molecule has 0 spiro atoms. The maximum Gasteiger partial charge on any atom is 0.336 e. The molecule has 3 nitrogen and oxygen atoms in total. The zero-order chi connectivity index (χ0) is 11.0. The van der Waals surface area contributed by atoms with Gasteiger partial charge >= 0.3 is 5.97 Å². The number of pyridine rings is 1. The van der Waals surface area contributed by atoms with Crippen LogP contribution < -0.4 is 0 Å². The Balaban J connectivity index is 2.90. The van der Waals surface area contributed by atoms with Gasteiger partial charge in [0.05, 0.1) is 11.1 Å². The summed E-state index contributed by atoms with van der Waals surface area (Å²) in [5.74, 6) is -0.930. The van der Waals surface area contributed by atoms with Crippen LogP contribution in [0.1, 0.15) is 15.9 Å². The summed E-state index contributed by atoms with van der Waals surface area (Å²) in [5, 5.41) is 9.93. The van der Waals surface area contributed by atoms with Crippen molar-refractivity contribution in [2.45, 2.75) is 6.92 Å². The van der Waals surface area contributed by atoms with Gasteiger partial charge in [-0.05, 0) is 24.6 Å². The van der Waals surface area contributed by atoms with Crippen LogP contribution >= 0.6 is 15.9 Å². The minimum Gasteiger partial charge on any atom is -0.478 e. The lowest BCUT2D eigenvalue weighted by Gasteiger charge is -2.06. The van der Waals surface area contributed by atoms with Crippen molar-refractivity contribution in [2.75, 3.05) is 0 Å². The number of carboxylic acids is 1. The highest BCUT2D eigenvalue weighted by Crippen LogP contribution is 2.27. The Morgan fingerprint density at radius 2 is 2.27 bits per heavy atom. The van der Waals surface area contributed by atoms with Crippen LogP contribution in [0.15, 0.2) is 28.9 Å². The smallest absolute Gasteiger partial charge is 0.336 e. The predicted molar refractivity (Wildman–Crippen MR) is 61.1 cm³/mol. The molecule has 1 N–H and O–H groups in total. The van der Waals surface area contributed by atoms with Crippen molar-refractivity contribution >= 4 is 32.8 Å². The summed E-state index contributed by atoms with van der Waals surface area (Å²) in [6.07, 6.45) is 1.66. The molecule has 0 amide bonds. The second-order valence-corrected chi connectivity index (χ2v) is 4.09. The lowest BCUT2D eigenvalue weighted by molar-refractivity contribution is 0.0696. The normalized spacial score (nSPS) is 10.5. The van der Waals surface area contributed by atoms with Gasteiger partial charge in [0.2, 0.25) is 0 Å². The first-order valence-electron chi connectivity index (χ1n) is 4.38. The summed E-state index contributed by atoms with van der Waals surface area (Å²) >= 11 is 3.35. The molecule has 0 unspecified atom stereocenters. The van der Waals surface area contributed by atoms with Crippen LogP contribution in [-0.4, -0.2) is 16.1 Å². The van der Waals surface area contributed by atoms with Crippen LogP contribution in [0.2, 0.25) is 0 Å². The highest BCUT2D eigenvalue weighted by atomic mass is 79.9. The molecule has 0 aliphatic heterocycles. The van der Waals surface area contributed by atoms with Crippen molar-refractivity contribution in [3.8, 4) is 0 Å². The number of hydrogen-bond donors (Lipinski definition) is 1. The van der Waals surface area contributed by atoms with E-state index < -0.39 is 5.97 Å². The van der Waals surface area contributed by atoms with Gasteiger partial charge in [-0.3, -0.25) is 4.98 Å². The number of aromatic carboxylic acids is 1. The maximum absolute atomic E-state index is 11.0. The molecule has 1 aromatic heterocycles. The first-order chi connectivity index (χ1) is 7.11. The van der Waals surface area contributed by atoms with Gasteiger partial charge in [0.15, 0.2) is 0 Å². The highest BCUT2D eigenvalue weighted by Gasteiger charge is 2.13. The van der Waals surface area contributed by atoms with E-state index in [1.165, 1.54) is 0 Å². The lowest BCUT2D eigenvalue weighted by Crippen LogP contribution is -2.01. The van der Waals surface area contributed by atoms with Crippen LogP contribution in [0.25, 0.3) is 10.9 Å².